The Bertz CT molecular complexity index is 268. The Morgan fingerprint density at radius 3 is 2.76 bits per heavy atom. The summed E-state index contributed by atoms with van der Waals surface area (Å²) in [5.74, 6) is -0.276. The second-order valence-electron chi connectivity index (χ2n) is 4.19. The van der Waals surface area contributed by atoms with Crippen LogP contribution in [-0.2, 0) is 14.3 Å². The maximum absolute atomic E-state index is 11.9. The number of rotatable bonds is 7. The summed E-state index contributed by atoms with van der Waals surface area (Å²) in [7, 11) is 0. The Labute approximate surface area is 102 Å². The lowest BCUT2D eigenvalue weighted by molar-refractivity contribution is -0.150. The fourth-order valence-electron chi connectivity index (χ4n) is 1.76. The number of imide groups is 1. The van der Waals surface area contributed by atoms with E-state index in [1.54, 1.807) is 0 Å². The molecule has 1 N–H and O–H groups in total. The van der Waals surface area contributed by atoms with E-state index in [1.165, 1.54) is 4.90 Å². The van der Waals surface area contributed by atoms with E-state index in [-0.39, 0.29) is 24.4 Å². The number of piperazine rings is 1. The highest BCUT2D eigenvalue weighted by Crippen LogP contribution is 2.05. The van der Waals surface area contributed by atoms with Crippen LogP contribution in [0.1, 0.15) is 33.1 Å². The first-order chi connectivity index (χ1) is 8.20. The van der Waals surface area contributed by atoms with Crippen molar-refractivity contribution in [2.75, 3.05) is 26.3 Å². The summed E-state index contributed by atoms with van der Waals surface area (Å²) in [5, 5.41) is 2.93. The number of hydrogen-bond acceptors (Lipinski definition) is 4. The van der Waals surface area contributed by atoms with E-state index in [1.807, 2.05) is 6.92 Å². The number of nitrogens with one attached hydrogen (secondary N) is 1. The van der Waals surface area contributed by atoms with Crippen molar-refractivity contribution < 1.29 is 14.3 Å². The predicted octanol–water partition coefficient (Wildman–Crippen LogP) is 0.540. The van der Waals surface area contributed by atoms with E-state index >= 15 is 0 Å². The third kappa shape index (κ3) is 4.09. The molecule has 0 radical (unpaired) electrons. The standard InChI is InChI=1S/C12H22N2O3/c1-3-5-7-17-8-6-14-11(15)9-13-10(4-2)12(14)16/h10,13H,3-9H2,1-2H3. The van der Waals surface area contributed by atoms with E-state index in [0.717, 1.165) is 12.8 Å². The van der Waals surface area contributed by atoms with Gasteiger partial charge in [-0.3, -0.25) is 19.8 Å². The number of nitrogens with zero attached hydrogens (tertiary/aromatic N) is 1. The Hall–Kier alpha value is -0.940. The molecule has 1 atom stereocenters. The molecule has 1 rings (SSSR count). The van der Waals surface area contributed by atoms with Gasteiger partial charge in [-0.15, -0.1) is 0 Å². The molecule has 1 aliphatic rings. The van der Waals surface area contributed by atoms with Gasteiger partial charge in [0.05, 0.1) is 25.7 Å². The van der Waals surface area contributed by atoms with Crippen molar-refractivity contribution in [3.8, 4) is 0 Å². The highest BCUT2D eigenvalue weighted by molar-refractivity contribution is 6.01. The first-order valence-electron chi connectivity index (χ1n) is 6.36. The highest BCUT2D eigenvalue weighted by atomic mass is 16.5. The van der Waals surface area contributed by atoms with Crippen molar-refractivity contribution in [2.45, 2.75) is 39.2 Å². The normalized spacial score (nSPS) is 21.1. The summed E-state index contributed by atoms with van der Waals surface area (Å²) < 4.78 is 5.38. The molecular formula is C12H22N2O3. The molecule has 0 aliphatic carbocycles. The molecule has 0 aromatic heterocycles. The lowest BCUT2D eigenvalue weighted by atomic mass is 10.1. The molecule has 0 saturated carbocycles. The van der Waals surface area contributed by atoms with Crippen molar-refractivity contribution in [1.29, 1.82) is 0 Å². The zero-order chi connectivity index (χ0) is 12.7. The molecule has 0 aromatic carbocycles. The minimum absolute atomic E-state index is 0.122. The van der Waals surface area contributed by atoms with Gasteiger partial charge in [0.15, 0.2) is 0 Å². The van der Waals surface area contributed by atoms with Crippen LogP contribution < -0.4 is 5.32 Å². The zero-order valence-electron chi connectivity index (χ0n) is 10.7. The van der Waals surface area contributed by atoms with Gasteiger partial charge < -0.3 is 4.74 Å². The molecule has 1 aliphatic heterocycles. The van der Waals surface area contributed by atoms with Gasteiger partial charge in [-0.25, -0.2) is 0 Å². The van der Waals surface area contributed by atoms with Crippen LogP contribution >= 0.6 is 0 Å². The quantitative estimate of drug-likeness (QED) is 0.523. The van der Waals surface area contributed by atoms with Crippen LogP contribution in [-0.4, -0.2) is 49.1 Å². The van der Waals surface area contributed by atoms with Crippen LogP contribution in [0.25, 0.3) is 0 Å². The van der Waals surface area contributed by atoms with Crippen molar-refractivity contribution in [3.05, 3.63) is 0 Å². The summed E-state index contributed by atoms with van der Waals surface area (Å²) >= 11 is 0. The topological polar surface area (TPSA) is 58.6 Å². The molecule has 0 aromatic rings. The van der Waals surface area contributed by atoms with Gasteiger partial charge in [-0.1, -0.05) is 20.3 Å². The van der Waals surface area contributed by atoms with Gasteiger partial charge in [0.25, 0.3) is 0 Å². The lowest BCUT2D eigenvalue weighted by Gasteiger charge is -2.30. The van der Waals surface area contributed by atoms with Crippen LogP contribution in [0.4, 0.5) is 0 Å². The Balaban J connectivity index is 2.33. The maximum atomic E-state index is 11.9. The van der Waals surface area contributed by atoms with Crippen molar-refractivity contribution in [1.82, 2.24) is 10.2 Å². The van der Waals surface area contributed by atoms with Crippen LogP contribution in [0.15, 0.2) is 0 Å². The molecular weight excluding hydrogens is 220 g/mol. The summed E-state index contributed by atoms with van der Waals surface area (Å²) in [5.41, 5.74) is 0. The van der Waals surface area contributed by atoms with Gasteiger partial charge in [0.1, 0.15) is 0 Å². The lowest BCUT2D eigenvalue weighted by Crippen LogP contribution is -2.58. The summed E-state index contributed by atoms with van der Waals surface area (Å²) in [6.07, 6.45) is 2.81. The second-order valence-corrected chi connectivity index (χ2v) is 4.19. The molecule has 17 heavy (non-hydrogen) atoms. The minimum Gasteiger partial charge on any atom is -0.380 e. The van der Waals surface area contributed by atoms with E-state index in [2.05, 4.69) is 12.2 Å². The van der Waals surface area contributed by atoms with Crippen molar-refractivity contribution >= 4 is 11.8 Å². The van der Waals surface area contributed by atoms with Crippen LogP contribution in [0.5, 0.6) is 0 Å². The van der Waals surface area contributed by atoms with Crippen LogP contribution in [0, 0.1) is 0 Å². The molecule has 1 unspecified atom stereocenters. The number of unbranched alkanes of at least 4 members (excludes halogenated alkanes) is 1. The fourth-order valence-corrected chi connectivity index (χ4v) is 1.76. The minimum atomic E-state index is -0.219. The molecule has 0 bridgehead atoms. The van der Waals surface area contributed by atoms with Gasteiger partial charge in [-0.05, 0) is 12.8 Å². The van der Waals surface area contributed by atoms with E-state index in [4.69, 9.17) is 4.74 Å². The van der Waals surface area contributed by atoms with Crippen LogP contribution in [0.3, 0.4) is 0 Å². The first-order valence-corrected chi connectivity index (χ1v) is 6.36. The monoisotopic (exact) mass is 242 g/mol. The maximum Gasteiger partial charge on any atom is 0.246 e. The van der Waals surface area contributed by atoms with Gasteiger partial charge >= 0.3 is 0 Å². The zero-order valence-corrected chi connectivity index (χ0v) is 10.7. The van der Waals surface area contributed by atoms with E-state index in [0.29, 0.717) is 26.2 Å². The number of carbonyl (C=O) groups excluding carboxylic acids is 2. The number of ether oxygens (including phenoxy) is 1. The van der Waals surface area contributed by atoms with Gasteiger partial charge in [0.2, 0.25) is 11.8 Å². The highest BCUT2D eigenvalue weighted by Gasteiger charge is 2.32. The summed E-state index contributed by atoms with van der Waals surface area (Å²) in [4.78, 5) is 24.8. The molecule has 2 amide bonds. The third-order valence-corrected chi connectivity index (χ3v) is 2.87. The predicted molar refractivity (Wildman–Crippen MR) is 64.5 cm³/mol. The first kappa shape index (κ1) is 14.1. The molecule has 1 fully saturated rings. The molecule has 5 heteroatoms. The number of amides is 2. The molecule has 98 valence electrons. The average molecular weight is 242 g/mol. The summed E-state index contributed by atoms with van der Waals surface area (Å²) in [6.45, 7) is 5.79. The summed E-state index contributed by atoms with van der Waals surface area (Å²) in [6, 6.07) is -0.219. The Morgan fingerprint density at radius 2 is 2.12 bits per heavy atom. The molecule has 5 nitrogen and oxygen atoms in total. The second kappa shape index (κ2) is 7.40. The molecule has 1 heterocycles. The van der Waals surface area contributed by atoms with Gasteiger partial charge in [0, 0.05) is 6.61 Å². The SMILES string of the molecule is CCCCOCCN1C(=O)CNC(CC)C1=O. The van der Waals surface area contributed by atoms with E-state index in [9.17, 15) is 9.59 Å². The Kier molecular flexibility index (Phi) is 6.15. The fraction of sp³-hybridized carbons (Fsp3) is 0.833. The smallest absolute Gasteiger partial charge is 0.246 e. The van der Waals surface area contributed by atoms with Gasteiger partial charge in [-0.2, -0.15) is 0 Å². The number of carbonyl (C=O) groups is 2. The van der Waals surface area contributed by atoms with Crippen LogP contribution in [0.2, 0.25) is 0 Å². The third-order valence-electron chi connectivity index (χ3n) is 2.87. The average Bonchev–Trinajstić information content (AvgIpc) is 2.33. The Morgan fingerprint density at radius 1 is 1.35 bits per heavy atom. The van der Waals surface area contributed by atoms with Crippen molar-refractivity contribution in [3.63, 3.8) is 0 Å². The largest absolute Gasteiger partial charge is 0.380 e. The van der Waals surface area contributed by atoms with Crippen molar-refractivity contribution in [2.24, 2.45) is 0 Å². The molecule has 0 spiro atoms. The molecule has 1 saturated heterocycles. The van der Waals surface area contributed by atoms with E-state index < -0.39 is 0 Å². The number of hydrogen-bond donors (Lipinski definition) is 1.